The Morgan fingerprint density at radius 2 is 1.45 bits per heavy atom. The van der Waals surface area contributed by atoms with E-state index in [1.807, 2.05) is 12.2 Å². The van der Waals surface area contributed by atoms with E-state index in [2.05, 4.69) is 0 Å². The van der Waals surface area contributed by atoms with Crippen LogP contribution >= 0.6 is 0 Å². The van der Waals surface area contributed by atoms with Crippen LogP contribution in [0.25, 0.3) is 11.1 Å². The van der Waals surface area contributed by atoms with Gasteiger partial charge in [-0.05, 0) is 59.4 Å². The largest absolute Gasteiger partial charge is 0.491 e. The first kappa shape index (κ1) is 19.7. The van der Waals surface area contributed by atoms with Crippen molar-refractivity contribution in [1.29, 1.82) is 0 Å². The molecular formula is C21H16F4O3S. The number of rotatable bonds is 5. The monoisotopic (exact) mass is 424 g/mol. The molecule has 2 aromatic carbocycles. The first-order valence-corrected chi connectivity index (χ1v) is 10.3. The molecule has 0 radical (unpaired) electrons. The smallest absolute Gasteiger partial charge is 0.341 e. The molecule has 0 bridgehead atoms. The van der Waals surface area contributed by atoms with Crippen molar-refractivity contribution in [2.75, 3.05) is 7.11 Å². The van der Waals surface area contributed by atoms with Crippen LogP contribution in [0.4, 0.5) is 17.6 Å². The van der Waals surface area contributed by atoms with E-state index in [0.717, 1.165) is 25.0 Å². The summed E-state index contributed by atoms with van der Waals surface area (Å²) in [6.45, 7) is 0. The fourth-order valence-electron chi connectivity index (χ4n) is 3.52. The standard InChI is InChI=1S/C21H16F4O3S/c1-28-19-17(22)8-13(9-18(19)23)16-11-21(6-7-21)10-15(16)12-2-4-14(5-3-12)29(26,27)20(24)25/h2-5,8-11,20H,6-7H2,1H3. The number of halogens is 4. The molecule has 2 aliphatic rings. The lowest BCUT2D eigenvalue weighted by atomic mass is 9.95. The van der Waals surface area contributed by atoms with Crippen LogP contribution in [0, 0.1) is 17.0 Å². The molecule has 0 unspecified atom stereocenters. The SMILES string of the molecule is COc1c(F)cc(C2=CC3(C=C2c2ccc(S(=O)(=O)C(F)F)cc2)CC3)cc1F. The molecule has 0 N–H and O–H groups in total. The topological polar surface area (TPSA) is 43.4 Å². The number of alkyl halides is 2. The van der Waals surface area contributed by atoms with Crippen molar-refractivity contribution in [3.05, 3.63) is 71.3 Å². The Kier molecular flexibility index (Phi) is 4.57. The van der Waals surface area contributed by atoms with Crippen molar-refractivity contribution in [3.8, 4) is 5.75 Å². The predicted molar refractivity (Wildman–Crippen MR) is 100 cm³/mol. The van der Waals surface area contributed by atoms with Gasteiger partial charge in [0.2, 0.25) is 9.84 Å². The lowest BCUT2D eigenvalue weighted by molar-refractivity contribution is 0.234. The highest BCUT2D eigenvalue weighted by Crippen LogP contribution is 2.57. The Labute approximate surface area is 165 Å². The predicted octanol–water partition coefficient (Wildman–Crippen LogP) is 5.23. The molecule has 1 fully saturated rings. The Bertz CT molecular complexity index is 1120. The number of benzene rings is 2. The van der Waals surface area contributed by atoms with Crippen LogP contribution in [-0.4, -0.2) is 21.3 Å². The summed E-state index contributed by atoms with van der Waals surface area (Å²) in [5.41, 5.74) is 1.98. The molecule has 1 saturated carbocycles. The zero-order valence-corrected chi connectivity index (χ0v) is 16.1. The Morgan fingerprint density at radius 1 is 0.931 bits per heavy atom. The van der Waals surface area contributed by atoms with Gasteiger partial charge < -0.3 is 4.74 Å². The Balaban J connectivity index is 1.75. The van der Waals surface area contributed by atoms with Crippen LogP contribution in [0.5, 0.6) is 5.75 Å². The summed E-state index contributed by atoms with van der Waals surface area (Å²) in [4.78, 5) is -0.483. The second kappa shape index (κ2) is 6.73. The molecule has 152 valence electrons. The van der Waals surface area contributed by atoms with Gasteiger partial charge in [-0.2, -0.15) is 8.78 Å². The summed E-state index contributed by atoms with van der Waals surface area (Å²) in [5, 5.41) is 0. The summed E-state index contributed by atoms with van der Waals surface area (Å²) < 4.78 is 81.9. The molecule has 29 heavy (non-hydrogen) atoms. The quantitative estimate of drug-likeness (QED) is 0.618. The summed E-state index contributed by atoms with van der Waals surface area (Å²) in [7, 11) is -3.52. The molecule has 4 rings (SSSR count). The second-order valence-corrected chi connectivity index (χ2v) is 9.07. The minimum Gasteiger partial charge on any atom is -0.491 e. The van der Waals surface area contributed by atoms with Gasteiger partial charge >= 0.3 is 5.76 Å². The van der Waals surface area contributed by atoms with Gasteiger partial charge in [-0.1, -0.05) is 24.3 Å². The second-order valence-electron chi connectivity index (χ2n) is 7.15. The van der Waals surface area contributed by atoms with Crippen LogP contribution in [0.1, 0.15) is 24.0 Å². The van der Waals surface area contributed by atoms with Crippen LogP contribution in [0.2, 0.25) is 0 Å². The molecule has 0 heterocycles. The van der Waals surface area contributed by atoms with E-state index in [1.54, 1.807) is 0 Å². The summed E-state index contributed by atoms with van der Waals surface area (Å²) in [6.07, 6.45) is 5.68. The van der Waals surface area contributed by atoms with Crippen LogP contribution in [0.15, 0.2) is 53.4 Å². The fourth-order valence-corrected chi connectivity index (χ4v) is 4.24. The third kappa shape index (κ3) is 3.35. The van der Waals surface area contributed by atoms with E-state index >= 15 is 0 Å². The van der Waals surface area contributed by atoms with Gasteiger partial charge in [0.05, 0.1) is 12.0 Å². The highest BCUT2D eigenvalue weighted by atomic mass is 32.2. The molecule has 3 nitrogen and oxygen atoms in total. The van der Waals surface area contributed by atoms with Gasteiger partial charge in [-0.15, -0.1) is 0 Å². The number of hydrogen-bond donors (Lipinski definition) is 0. The first-order chi connectivity index (χ1) is 13.7. The van der Waals surface area contributed by atoms with Crippen LogP contribution < -0.4 is 4.74 Å². The fraction of sp³-hybridized carbons (Fsp3) is 0.238. The van der Waals surface area contributed by atoms with Gasteiger partial charge in [0.15, 0.2) is 17.4 Å². The van der Waals surface area contributed by atoms with Gasteiger partial charge in [0.1, 0.15) is 0 Å². The highest BCUT2D eigenvalue weighted by Gasteiger charge is 2.43. The van der Waals surface area contributed by atoms with E-state index in [1.165, 1.54) is 31.4 Å². The molecular weight excluding hydrogens is 408 g/mol. The van der Waals surface area contributed by atoms with E-state index < -0.39 is 37.9 Å². The van der Waals surface area contributed by atoms with Gasteiger partial charge in [-0.25, -0.2) is 17.2 Å². The third-order valence-corrected chi connectivity index (χ3v) is 6.62. The number of hydrogen-bond acceptors (Lipinski definition) is 3. The Morgan fingerprint density at radius 3 is 1.90 bits per heavy atom. The van der Waals surface area contributed by atoms with Crippen molar-refractivity contribution in [1.82, 2.24) is 0 Å². The van der Waals surface area contributed by atoms with Crippen molar-refractivity contribution in [2.24, 2.45) is 5.41 Å². The molecule has 0 atom stereocenters. The Hall–Kier alpha value is -2.61. The molecule has 2 aromatic rings. The lowest BCUT2D eigenvalue weighted by Crippen LogP contribution is -2.11. The number of sulfone groups is 1. The minimum atomic E-state index is -4.69. The zero-order valence-electron chi connectivity index (χ0n) is 15.3. The molecule has 0 aromatic heterocycles. The zero-order chi connectivity index (χ0) is 21.0. The molecule has 2 aliphatic carbocycles. The first-order valence-electron chi connectivity index (χ1n) is 8.79. The summed E-state index contributed by atoms with van der Waals surface area (Å²) >= 11 is 0. The third-order valence-electron chi connectivity index (χ3n) is 5.22. The summed E-state index contributed by atoms with van der Waals surface area (Å²) in [6, 6.07) is 7.43. The van der Waals surface area contributed by atoms with E-state index in [0.29, 0.717) is 22.3 Å². The van der Waals surface area contributed by atoms with E-state index in [9.17, 15) is 26.0 Å². The summed E-state index contributed by atoms with van der Waals surface area (Å²) in [5.74, 6) is -5.65. The maximum atomic E-state index is 14.2. The van der Waals surface area contributed by atoms with Gasteiger partial charge in [-0.3, -0.25) is 0 Å². The van der Waals surface area contributed by atoms with Crippen molar-refractivity contribution >= 4 is 21.0 Å². The van der Waals surface area contributed by atoms with Gasteiger partial charge in [0.25, 0.3) is 0 Å². The van der Waals surface area contributed by atoms with Crippen LogP contribution in [-0.2, 0) is 9.84 Å². The maximum absolute atomic E-state index is 14.2. The normalized spacial score (nSPS) is 17.4. The molecule has 0 saturated heterocycles. The van der Waals surface area contributed by atoms with Crippen molar-refractivity contribution in [3.63, 3.8) is 0 Å². The van der Waals surface area contributed by atoms with Gasteiger partial charge in [0, 0.05) is 5.41 Å². The highest BCUT2D eigenvalue weighted by molar-refractivity contribution is 7.91. The molecule has 1 spiro atoms. The number of ether oxygens (including phenoxy) is 1. The molecule has 0 amide bonds. The lowest BCUT2D eigenvalue weighted by Gasteiger charge is -2.12. The number of methoxy groups -OCH3 is 1. The van der Waals surface area contributed by atoms with Crippen molar-refractivity contribution < 1.29 is 30.7 Å². The number of allylic oxidation sites excluding steroid dienone is 4. The average molecular weight is 424 g/mol. The van der Waals surface area contributed by atoms with E-state index in [-0.39, 0.29) is 5.41 Å². The van der Waals surface area contributed by atoms with Crippen LogP contribution in [0.3, 0.4) is 0 Å². The maximum Gasteiger partial charge on any atom is 0.341 e. The minimum absolute atomic E-state index is 0.189. The van der Waals surface area contributed by atoms with E-state index in [4.69, 9.17) is 4.74 Å². The molecule has 8 heteroatoms. The van der Waals surface area contributed by atoms with Crippen molar-refractivity contribution in [2.45, 2.75) is 23.5 Å². The average Bonchev–Trinajstić information content (AvgIpc) is 3.31. The molecule has 0 aliphatic heterocycles.